The van der Waals surface area contributed by atoms with Gasteiger partial charge in [0.05, 0.1) is 5.56 Å². The second-order valence-electron chi connectivity index (χ2n) is 4.63. The molecule has 88 valence electrons. The lowest BCUT2D eigenvalue weighted by molar-refractivity contribution is 0.0910. The van der Waals surface area contributed by atoms with E-state index < -0.39 is 0 Å². The van der Waals surface area contributed by atoms with Gasteiger partial charge in [-0.1, -0.05) is 0 Å². The molecule has 16 heavy (non-hydrogen) atoms. The van der Waals surface area contributed by atoms with Gasteiger partial charge in [0.15, 0.2) is 0 Å². The van der Waals surface area contributed by atoms with E-state index in [2.05, 4.69) is 10.3 Å². The normalized spacial score (nSPS) is 11.2. The fourth-order valence-electron chi connectivity index (χ4n) is 1.48. The molecule has 1 rings (SSSR count). The molecule has 1 aromatic rings. The second kappa shape index (κ2) is 5.07. The number of pyridine rings is 1. The summed E-state index contributed by atoms with van der Waals surface area (Å²) in [5.74, 6) is -0.102. The van der Waals surface area contributed by atoms with Gasteiger partial charge < -0.3 is 11.1 Å². The molecule has 0 aliphatic rings. The van der Waals surface area contributed by atoms with Gasteiger partial charge in [0.2, 0.25) is 0 Å². The van der Waals surface area contributed by atoms with Gasteiger partial charge in [-0.25, -0.2) is 0 Å². The highest BCUT2D eigenvalue weighted by Gasteiger charge is 2.20. The van der Waals surface area contributed by atoms with Crippen LogP contribution < -0.4 is 11.1 Å². The largest absolute Gasteiger partial charge is 0.347 e. The van der Waals surface area contributed by atoms with Gasteiger partial charge in [0.1, 0.15) is 0 Å². The number of rotatable bonds is 4. The predicted octanol–water partition coefficient (Wildman–Crippen LogP) is 1.25. The van der Waals surface area contributed by atoms with E-state index >= 15 is 0 Å². The van der Waals surface area contributed by atoms with Crippen molar-refractivity contribution in [3.05, 3.63) is 29.6 Å². The number of hydrogen-bond acceptors (Lipinski definition) is 3. The summed E-state index contributed by atoms with van der Waals surface area (Å²) in [5.41, 5.74) is 6.77. The zero-order valence-corrected chi connectivity index (χ0v) is 10.1. The van der Waals surface area contributed by atoms with E-state index in [1.165, 1.54) is 0 Å². The van der Waals surface area contributed by atoms with Gasteiger partial charge in [0, 0.05) is 17.9 Å². The molecule has 0 aliphatic heterocycles. The van der Waals surface area contributed by atoms with E-state index in [4.69, 9.17) is 5.73 Å². The van der Waals surface area contributed by atoms with Crippen LogP contribution in [0.15, 0.2) is 18.5 Å². The quantitative estimate of drug-likeness (QED) is 0.804. The van der Waals surface area contributed by atoms with Crippen LogP contribution in [0.3, 0.4) is 0 Å². The number of nitrogens with zero attached hydrogens (tertiary/aromatic N) is 1. The number of nitrogens with one attached hydrogen (secondary N) is 1. The van der Waals surface area contributed by atoms with Crippen LogP contribution in [0.25, 0.3) is 0 Å². The Balaban J connectivity index is 2.72. The van der Waals surface area contributed by atoms with E-state index in [-0.39, 0.29) is 11.4 Å². The van der Waals surface area contributed by atoms with Crippen molar-refractivity contribution in [3.63, 3.8) is 0 Å². The molecule has 0 saturated carbocycles. The smallest absolute Gasteiger partial charge is 0.253 e. The van der Waals surface area contributed by atoms with Crippen LogP contribution in [0.1, 0.15) is 36.2 Å². The van der Waals surface area contributed by atoms with Crippen molar-refractivity contribution in [2.24, 2.45) is 5.73 Å². The minimum Gasteiger partial charge on any atom is -0.347 e. The van der Waals surface area contributed by atoms with Gasteiger partial charge in [-0.3, -0.25) is 9.78 Å². The number of aryl methyl sites for hydroxylation is 1. The van der Waals surface area contributed by atoms with E-state index in [1.807, 2.05) is 26.8 Å². The molecule has 4 nitrogen and oxygen atoms in total. The summed E-state index contributed by atoms with van der Waals surface area (Å²) < 4.78 is 0. The highest BCUT2D eigenvalue weighted by Crippen LogP contribution is 2.09. The summed E-state index contributed by atoms with van der Waals surface area (Å²) in [6.07, 6.45) is 4.04. The maximum Gasteiger partial charge on any atom is 0.253 e. The molecular weight excluding hydrogens is 202 g/mol. The van der Waals surface area contributed by atoms with Crippen LogP contribution in [-0.2, 0) is 0 Å². The maximum atomic E-state index is 11.9. The molecule has 0 unspecified atom stereocenters. The third-order valence-corrected chi connectivity index (χ3v) is 2.36. The molecule has 1 aromatic heterocycles. The highest BCUT2D eigenvalue weighted by molar-refractivity contribution is 5.94. The Hall–Kier alpha value is -1.42. The molecule has 1 heterocycles. The molecule has 0 aromatic carbocycles. The first-order valence-electron chi connectivity index (χ1n) is 5.39. The highest BCUT2D eigenvalue weighted by atomic mass is 16.1. The summed E-state index contributed by atoms with van der Waals surface area (Å²) >= 11 is 0. The average molecular weight is 221 g/mol. The van der Waals surface area contributed by atoms with Crippen molar-refractivity contribution < 1.29 is 4.79 Å². The van der Waals surface area contributed by atoms with Crippen LogP contribution in [0, 0.1) is 6.92 Å². The van der Waals surface area contributed by atoms with Gasteiger partial charge in [-0.2, -0.15) is 0 Å². The summed E-state index contributed by atoms with van der Waals surface area (Å²) in [5, 5.41) is 2.94. The lowest BCUT2D eigenvalue weighted by Gasteiger charge is -2.25. The number of nitrogens with two attached hydrogens (primary N) is 1. The first kappa shape index (κ1) is 12.6. The van der Waals surface area contributed by atoms with Crippen molar-refractivity contribution in [1.29, 1.82) is 0 Å². The van der Waals surface area contributed by atoms with Crippen LogP contribution in [-0.4, -0.2) is 23.0 Å². The van der Waals surface area contributed by atoms with Crippen molar-refractivity contribution in [2.75, 3.05) is 6.54 Å². The minimum atomic E-state index is -0.282. The monoisotopic (exact) mass is 221 g/mol. The third kappa shape index (κ3) is 3.62. The summed E-state index contributed by atoms with van der Waals surface area (Å²) in [7, 11) is 0. The molecule has 0 atom stereocenters. The Morgan fingerprint density at radius 3 is 2.75 bits per heavy atom. The second-order valence-corrected chi connectivity index (χ2v) is 4.63. The van der Waals surface area contributed by atoms with Crippen molar-refractivity contribution >= 4 is 5.91 Å². The molecule has 0 saturated heterocycles. The fraction of sp³-hybridized carbons (Fsp3) is 0.500. The summed E-state index contributed by atoms with van der Waals surface area (Å²) in [6, 6.07) is 1.82. The number of hydrogen-bond donors (Lipinski definition) is 2. The fourth-order valence-corrected chi connectivity index (χ4v) is 1.48. The zero-order valence-electron chi connectivity index (χ0n) is 10.1. The van der Waals surface area contributed by atoms with Gasteiger partial charge in [0.25, 0.3) is 5.91 Å². The van der Waals surface area contributed by atoms with Gasteiger partial charge >= 0.3 is 0 Å². The Labute approximate surface area is 96.3 Å². The molecule has 4 heteroatoms. The standard InChI is InChI=1S/C12H19N3O/c1-9-6-10(8-14-7-9)11(16)15-12(2,3)4-5-13/h6-8H,4-5,13H2,1-3H3,(H,15,16). The zero-order chi connectivity index (χ0) is 12.2. The van der Waals surface area contributed by atoms with Crippen molar-refractivity contribution in [1.82, 2.24) is 10.3 Å². The predicted molar refractivity (Wildman–Crippen MR) is 64.2 cm³/mol. The van der Waals surface area contributed by atoms with Crippen molar-refractivity contribution in [2.45, 2.75) is 32.7 Å². The molecule has 0 bridgehead atoms. The van der Waals surface area contributed by atoms with E-state index in [0.29, 0.717) is 12.1 Å². The molecule has 0 radical (unpaired) electrons. The van der Waals surface area contributed by atoms with Crippen LogP contribution in [0.2, 0.25) is 0 Å². The van der Waals surface area contributed by atoms with Crippen LogP contribution in [0.5, 0.6) is 0 Å². The first-order chi connectivity index (χ1) is 7.44. The van der Waals surface area contributed by atoms with E-state index in [9.17, 15) is 4.79 Å². The van der Waals surface area contributed by atoms with Gasteiger partial charge in [-0.15, -0.1) is 0 Å². The topological polar surface area (TPSA) is 68.0 Å². The van der Waals surface area contributed by atoms with E-state index in [1.54, 1.807) is 12.4 Å². The minimum absolute atomic E-state index is 0.102. The first-order valence-corrected chi connectivity index (χ1v) is 5.39. The summed E-state index contributed by atoms with van der Waals surface area (Å²) in [4.78, 5) is 15.9. The van der Waals surface area contributed by atoms with Gasteiger partial charge in [-0.05, 0) is 45.4 Å². The summed E-state index contributed by atoms with van der Waals surface area (Å²) in [6.45, 7) is 6.39. The Bertz CT molecular complexity index is 374. The SMILES string of the molecule is Cc1cncc(C(=O)NC(C)(C)CCN)c1. The number of aromatic nitrogens is 1. The third-order valence-electron chi connectivity index (χ3n) is 2.36. The van der Waals surface area contributed by atoms with E-state index in [0.717, 1.165) is 12.0 Å². The number of carbonyl (C=O) groups excluding carboxylic acids is 1. The maximum absolute atomic E-state index is 11.9. The molecule has 0 spiro atoms. The average Bonchev–Trinajstić information content (AvgIpc) is 2.16. The Morgan fingerprint density at radius 2 is 2.19 bits per heavy atom. The van der Waals surface area contributed by atoms with Crippen LogP contribution in [0.4, 0.5) is 0 Å². The molecule has 0 fully saturated rings. The lowest BCUT2D eigenvalue weighted by Crippen LogP contribution is -2.44. The Morgan fingerprint density at radius 1 is 1.50 bits per heavy atom. The molecular formula is C12H19N3O. The Kier molecular flexibility index (Phi) is 4.01. The lowest BCUT2D eigenvalue weighted by atomic mass is 10.0. The van der Waals surface area contributed by atoms with Crippen molar-refractivity contribution in [3.8, 4) is 0 Å². The molecule has 3 N–H and O–H groups in total. The molecule has 0 aliphatic carbocycles. The van der Waals surface area contributed by atoms with Crippen LogP contribution >= 0.6 is 0 Å². The number of carbonyl (C=O) groups is 1. The number of amides is 1. The molecule has 1 amide bonds.